The van der Waals surface area contributed by atoms with Crippen LogP contribution in [0.5, 0.6) is 5.75 Å². The summed E-state index contributed by atoms with van der Waals surface area (Å²) in [6, 6.07) is 8.92. The highest BCUT2D eigenvalue weighted by Gasteiger charge is 2.13. The molecule has 108 valence electrons. The second-order valence-corrected chi connectivity index (χ2v) is 6.14. The lowest BCUT2D eigenvalue weighted by Gasteiger charge is -2.20. The largest absolute Gasteiger partial charge is 0.492 e. The molecule has 1 aromatic rings. The number of hydrogen-bond donors (Lipinski definition) is 1. The molecule has 0 aromatic heterocycles. The van der Waals surface area contributed by atoms with Crippen LogP contribution in [0.25, 0.3) is 0 Å². The maximum Gasteiger partial charge on any atom is 0.119 e. The van der Waals surface area contributed by atoms with E-state index in [-0.39, 0.29) is 5.41 Å². The van der Waals surface area contributed by atoms with Crippen LogP contribution in [0, 0.1) is 0 Å². The van der Waals surface area contributed by atoms with Crippen LogP contribution in [-0.4, -0.2) is 19.2 Å². The number of ether oxygens (including phenoxy) is 1. The Kier molecular flexibility index (Phi) is 6.36. The average molecular weight is 263 g/mol. The number of hydrogen-bond acceptors (Lipinski definition) is 2. The Bertz CT molecular complexity index is 351. The summed E-state index contributed by atoms with van der Waals surface area (Å²) in [6.45, 7) is 12.9. The summed E-state index contributed by atoms with van der Waals surface area (Å²) in [5, 5.41) is 3.50. The third-order valence-corrected chi connectivity index (χ3v) is 3.35. The minimum absolute atomic E-state index is 0.202. The van der Waals surface area contributed by atoms with Gasteiger partial charge >= 0.3 is 0 Å². The molecule has 19 heavy (non-hydrogen) atoms. The third kappa shape index (κ3) is 5.65. The van der Waals surface area contributed by atoms with Gasteiger partial charge in [-0.1, -0.05) is 46.8 Å². The van der Waals surface area contributed by atoms with Crippen LogP contribution in [0.2, 0.25) is 0 Å². The first kappa shape index (κ1) is 16.0. The maximum absolute atomic E-state index is 5.86. The summed E-state index contributed by atoms with van der Waals surface area (Å²) in [5.41, 5.74) is 1.55. The van der Waals surface area contributed by atoms with Gasteiger partial charge in [0.1, 0.15) is 12.4 Å². The maximum atomic E-state index is 5.86. The van der Waals surface area contributed by atoms with Gasteiger partial charge in [-0.25, -0.2) is 0 Å². The van der Waals surface area contributed by atoms with Gasteiger partial charge in [0.25, 0.3) is 0 Å². The van der Waals surface area contributed by atoms with Crippen LogP contribution >= 0.6 is 0 Å². The zero-order valence-corrected chi connectivity index (χ0v) is 13.1. The van der Waals surface area contributed by atoms with E-state index < -0.39 is 0 Å². The molecule has 0 radical (unpaired) electrons. The van der Waals surface area contributed by atoms with Gasteiger partial charge in [0.2, 0.25) is 0 Å². The van der Waals surface area contributed by atoms with Crippen molar-refractivity contribution in [1.29, 1.82) is 0 Å². The van der Waals surface area contributed by atoms with Crippen molar-refractivity contribution < 1.29 is 4.74 Å². The molecular weight excluding hydrogens is 234 g/mol. The highest BCUT2D eigenvalue weighted by Crippen LogP contribution is 2.24. The molecular formula is C17H29NO. The minimum Gasteiger partial charge on any atom is -0.492 e. The smallest absolute Gasteiger partial charge is 0.119 e. The third-order valence-electron chi connectivity index (χ3n) is 3.35. The van der Waals surface area contributed by atoms with Gasteiger partial charge in [0.15, 0.2) is 0 Å². The Morgan fingerprint density at radius 1 is 1.11 bits per heavy atom. The molecule has 1 N–H and O–H groups in total. The predicted octanol–water partition coefficient (Wildman–Crippen LogP) is 4.14. The van der Waals surface area contributed by atoms with E-state index in [1.54, 1.807) is 0 Å². The van der Waals surface area contributed by atoms with Gasteiger partial charge in [-0.3, -0.25) is 0 Å². The quantitative estimate of drug-likeness (QED) is 0.798. The molecule has 0 aliphatic rings. The summed E-state index contributed by atoms with van der Waals surface area (Å²) in [7, 11) is 0. The van der Waals surface area contributed by atoms with Crippen LogP contribution in [0.4, 0.5) is 0 Å². The Morgan fingerprint density at radius 2 is 1.74 bits per heavy atom. The molecule has 1 rings (SSSR count). The first-order chi connectivity index (χ1) is 8.97. The van der Waals surface area contributed by atoms with E-state index in [0.29, 0.717) is 6.04 Å². The Balaban J connectivity index is 2.49. The summed E-state index contributed by atoms with van der Waals surface area (Å²) in [5.74, 6) is 0.963. The SMILES string of the molecule is CCCNC(CC)COc1ccc(C(C)(C)C)cc1. The minimum atomic E-state index is 0.202. The monoisotopic (exact) mass is 263 g/mol. The van der Waals surface area contributed by atoms with Gasteiger partial charge in [-0.2, -0.15) is 0 Å². The molecule has 0 bridgehead atoms. The van der Waals surface area contributed by atoms with Gasteiger partial charge in [0.05, 0.1) is 0 Å². The number of nitrogens with one attached hydrogen (secondary N) is 1. The fourth-order valence-electron chi connectivity index (χ4n) is 1.92. The first-order valence-electron chi connectivity index (χ1n) is 7.44. The van der Waals surface area contributed by atoms with Gasteiger partial charge in [-0.15, -0.1) is 0 Å². The normalized spacial score (nSPS) is 13.3. The number of benzene rings is 1. The van der Waals surface area contributed by atoms with Crippen molar-refractivity contribution >= 4 is 0 Å². The lowest BCUT2D eigenvalue weighted by Crippen LogP contribution is -2.34. The lowest BCUT2D eigenvalue weighted by atomic mass is 9.87. The van der Waals surface area contributed by atoms with Crippen LogP contribution < -0.4 is 10.1 Å². The van der Waals surface area contributed by atoms with Gasteiger partial charge in [-0.05, 0) is 42.5 Å². The fourth-order valence-corrected chi connectivity index (χ4v) is 1.92. The molecule has 2 nitrogen and oxygen atoms in total. The Morgan fingerprint density at radius 3 is 2.21 bits per heavy atom. The first-order valence-corrected chi connectivity index (χ1v) is 7.44. The van der Waals surface area contributed by atoms with E-state index in [2.05, 4.69) is 64.2 Å². The van der Waals surface area contributed by atoms with E-state index >= 15 is 0 Å². The Hall–Kier alpha value is -1.02. The molecule has 0 spiro atoms. The molecule has 0 saturated carbocycles. The highest BCUT2D eigenvalue weighted by atomic mass is 16.5. The van der Waals surface area contributed by atoms with Gasteiger partial charge in [0, 0.05) is 6.04 Å². The second kappa shape index (κ2) is 7.54. The van der Waals surface area contributed by atoms with Crippen LogP contribution in [0.1, 0.15) is 53.0 Å². The fraction of sp³-hybridized carbons (Fsp3) is 0.647. The zero-order valence-electron chi connectivity index (χ0n) is 13.1. The zero-order chi connectivity index (χ0) is 14.3. The summed E-state index contributed by atoms with van der Waals surface area (Å²) < 4.78 is 5.86. The molecule has 0 heterocycles. The van der Waals surface area contributed by atoms with Crippen LogP contribution in [0.15, 0.2) is 24.3 Å². The lowest BCUT2D eigenvalue weighted by molar-refractivity contribution is 0.260. The van der Waals surface area contributed by atoms with Crippen molar-refractivity contribution in [2.45, 2.75) is 58.9 Å². The number of rotatable bonds is 7. The van der Waals surface area contributed by atoms with Crippen molar-refractivity contribution in [2.75, 3.05) is 13.2 Å². The standard InChI is InChI=1S/C17H29NO/c1-6-12-18-15(7-2)13-19-16-10-8-14(9-11-16)17(3,4)5/h8-11,15,18H,6-7,12-13H2,1-5H3. The summed E-state index contributed by atoms with van der Waals surface area (Å²) >= 11 is 0. The molecule has 1 atom stereocenters. The molecule has 1 unspecified atom stereocenters. The molecule has 1 aromatic carbocycles. The van der Waals surface area contributed by atoms with E-state index in [4.69, 9.17) is 4.74 Å². The van der Waals surface area contributed by atoms with E-state index in [1.807, 2.05) is 0 Å². The molecule has 2 heteroatoms. The molecule has 0 aliphatic carbocycles. The van der Waals surface area contributed by atoms with Crippen molar-refractivity contribution in [3.8, 4) is 5.75 Å². The highest BCUT2D eigenvalue weighted by molar-refractivity contribution is 5.31. The molecule has 0 saturated heterocycles. The topological polar surface area (TPSA) is 21.3 Å². The van der Waals surface area contributed by atoms with Crippen molar-refractivity contribution in [3.05, 3.63) is 29.8 Å². The predicted molar refractivity (Wildman–Crippen MR) is 83.0 cm³/mol. The summed E-state index contributed by atoms with van der Waals surface area (Å²) in [4.78, 5) is 0. The molecule has 0 aliphatic heterocycles. The Labute approximate surface area is 118 Å². The van der Waals surface area contributed by atoms with Gasteiger partial charge < -0.3 is 10.1 Å². The van der Waals surface area contributed by atoms with E-state index in [0.717, 1.165) is 31.7 Å². The van der Waals surface area contributed by atoms with Crippen molar-refractivity contribution in [1.82, 2.24) is 5.32 Å². The molecule has 0 amide bonds. The molecule has 0 fully saturated rings. The van der Waals surface area contributed by atoms with E-state index in [1.165, 1.54) is 5.56 Å². The summed E-state index contributed by atoms with van der Waals surface area (Å²) in [6.07, 6.45) is 2.26. The second-order valence-electron chi connectivity index (χ2n) is 6.14. The van der Waals surface area contributed by atoms with Crippen LogP contribution in [-0.2, 0) is 5.41 Å². The van der Waals surface area contributed by atoms with Crippen molar-refractivity contribution in [2.24, 2.45) is 0 Å². The average Bonchev–Trinajstić information content (AvgIpc) is 2.38. The van der Waals surface area contributed by atoms with Crippen molar-refractivity contribution in [3.63, 3.8) is 0 Å². The van der Waals surface area contributed by atoms with Crippen LogP contribution in [0.3, 0.4) is 0 Å². The van der Waals surface area contributed by atoms with E-state index in [9.17, 15) is 0 Å².